The van der Waals surface area contributed by atoms with Crippen molar-refractivity contribution in [1.29, 1.82) is 0 Å². The number of amides is 3. The first kappa shape index (κ1) is 29.9. The molecule has 230 valence electrons. The Labute approximate surface area is 243 Å². The molecule has 1 aliphatic carbocycles. The number of nitrogens with zero attached hydrogens (tertiary/aromatic N) is 5. The van der Waals surface area contributed by atoms with Crippen LogP contribution in [-0.4, -0.2) is 103 Å². The highest BCUT2D eigenvalue weighted by atomic mass is 16.6. The Bertz CT molecular complexity index is 1290. The van der Waals surface area contributed by atoms with Gasteiger partial charge >= 0.3 is 6.09 Å². The van der Waals surface area contributed by atoms with Gasteiger partial charge in [0.25, 0.3) is 11.8 Å². The SMILES string of the molecule is CC.Nc1nc(CCCC2CCN(C(=O)OC3CNC3=O)CC2)nc2c1ncn2[C@@H]1O[C@H](C(=O)NC2CC2)[C@H](O)C1O. The highest BCUT2D eigenvalue weighted by molar-refractivity contribution is 5.88. The molecule has 15 nitrogen and oxygen atoms in total. The highest BCUT2D eigenvalue weighted by Crippen LogP contribution is 2.33. The summed E-state index contributed by atoms with van der Waals surface area (Å²) >= 11 is 0. The van der Waals surface area contributed by atoms with E-state index in [4.69, 9.17) is 15.2 Å². The first-order valence-electron chi connectivity index (χ1n) is 14.8. The zero-order valence-electron chi connectivity index (χ0n) is 23.9. The highest BCUT2D eigenvalue weighted by Gasteiger charge is 2.48. The number of ether oxygens (including phenoxy) is 2. The molecule has 0 aromatic carbocycles. The maximum absolute atomic E-state index is 12.5. The van der Waals surface area contributed by atoms with Crippen molar-refractivity contribution in [3.8, 4) is 0 Å². The van der Waals surface area contributed by atoms with Gasteiger partial charge in [-0.05, 0) is 44.4 Å². The first-order valence-corrected chi connectivity index (χ1v) is 14.8. The summed E-state index contributed by atoms with van der Waals surface area (Å²) in [6.45, 7) is 5.54. The Balaban J connectivity index is 0.00000173. The zero-order chi connectivity index (χ0) is 30.0. The van der Waals surface area contributed by atoms with Crippen LogP contribution in [0.5, 0.6) is 0 Å². The summed E-state index contributed by atoms with van der Waals surface area (Å²) in [6, 6.07) is 0.0920. The number of hydrogen-bond donors (Lipinski definition) is 5. The third-order valence-corrected chi connectivity index (χ3v) is 8.07. The molecular formula is C27H40N8O7. The number of nitrogen functional groups attached to an aromatic ring is 1. The molecule has 5 atom stereocenters. The van der Waals surface area contributed by atoms with Gasteiger partial charge in [-0.15, -0.1) is 0 Å². The number of hydrogen-bond acceptors (Lipinski definition) is 11. The summed E-state index contributed by atoms with van der Waals surface area (Å²) in [4.78, 5) is 51.0. The van der Waals surface area contributed by atoms with E-state index >= 15 is 0 Å². The minimum atomic E-state index is -1.40. The van der Waals surface area contributed by atoms with Crippen LogP contribution in [0.4, 0.5) is 10.6 Å². The molecule has 0 spiro atoms. The number of rotatable bonds is 8. The van der Waals surface area contributed by atoms with E-state index in [1.165, 1.54) is 10.9 Å². The van der Waals surface area contributed by atoms with Crippen LogP contribution >= 0.6 is 0 Å². The van der Waals surface area contributed by atoms with Crippen LogP contribution in [0.25, 0.3) is 11.2 Å². The number of aromatic nitrogens is 4. The fourth-order valence-corrected chi connectivity index (χ4v) is 5.41. The van der Waals surface area contributed by atoms with Crippen molar-refractivity contribution in [2.45, 2.75) is 95.5 Å². The lowest BCUT2D eigenvalue weighted by molar-refractivity contribution is -0.138. The predicted octanol–water partition coefficient (Wildman–Crippen LogP) is 0.00220. The van der Waals surface area contributed by atoms with Crippen LogP contribution in [0.15, 0.2) is 6.33 Å². The largest absolute Gasteiger partial charge is 0.434 e. The van der Waals surface area contributed by atoms with Crippen molar-refractivity contribution in [3.63, 3.8) is 0 Å². The number of aliphatic hydroxyl groups is 2. The maximum atomic E-state index is 12.5. The molecule has 42 heavy (non-hydrogen) atoms. The van der Waals surface area contributed by atoms with Gasteiger partial charge in [0.05, 0.1) is 12.9 Å². The van der Waals surface area contributed by atoms with Crippen molar-refractivity contribution < 1.29 is 34.1 Å². The topological polar surface area (TPSA) is 207 Å². The molecule has 2 aromatic rings. The van der Waals surface area contributed by atoms with Crippen molar-refractivity contribution in [2.24, 2.45) is 5.92 Å². The average molecular weight is 589 g/mol. The van der Waals surface area contributed by atoms with E-state index in [0.29, 0.717) is 49.0 Å². The Kier molecular flexibility index (Phi) is 9.08. The van der Waals surface area contributed by atoms with Gasteiger partial charge in [0.1, 0.15) is 23.5 Å². The van der Waals surface area contributed by atoms with Crippen molar-refractivity contribution in [1.82, 2.24) is 35.1 Å². The molecular weight excluding hydrogens is 548 g/mol. The molecule has 2 unspecified atom stereocenters. The van der Waals surface area contributed by atoms with Gasteiger partial charge < -0.3 is 41.0 Å². The van der Waals surface area contributed by atoms with E-state index in [0.717, 1.165) is 38.5 Å². The summed E-state index contributed by atoms with van der Waals surface area (Å²) in [5, 5.41) is 26.5. The molecule has 3 amide bonds. The van der Waals surface area contributed by atoms with Gasteiger partial charge in [0.15, 0.2) is 29.9 Å². The van der Waals surface area contributed by atoms with E-state index in [2.05, 4.69) is 25.6 Å². The summed E-state index contributed by atoms with van der Waals surface area (Å²) < 4.78 is 12.5. The molecule has 3 aliphatic heterocycles. The Morgan fingerprint density at radius 2 is 1.90 bits per heavy atom. The fraction of sp³-hybridized carbons (Fsp3) is 0.704. The Morgan fingerprint density at radius 3 is 2.55 bits per heavy atom. The van der Waals surface area contributed by atoms with E-state index in [9.17, 15) is 24.6 Å². The molecule has 4 aliphatic rings. The average Bonchev–Trinajstić information content (AvgIpc) is 3.63. The minimum Gasteiger partial charge on any atom is -0.434 e. The zero-order valence-corrected chi connectivity index (χ0v) is 23.9. The van der Waals surface area contributed by atoms with Gasteiger partial charge in [-0.1, -0.05) is 13.8 Å². The lowest BCUT2D eigenvalue weighted by Gasteiger charge is -2.33. The number of nitrogens with one attached hydrogen (secondary N) is 2. The number of aryl methyl sites for hydroxylation is 1. The van der Waals surface area contributed by atoms with Gasteiger partial charge in [-0.3, -0.25) is 14.2 Å². The van der Waals surface area contributed by atoms with E-state index < -0.39 is 42.6 Å². The van der Waals surface area contributed by atoms with Gasteiger partial charge in [-0.2, -0.15) is 0 Å². The molecule has 0 radical (unpaired) electrons. The molecule has 4 fully saturated rings. The van der Waals surface area contributed by atoms with Crippen LogP contribution in [0.1, 0.15) is 64.4 Å². The normalized spacial score (nSPS) is 27.6. The van der Waals surface area contributed by atoms with Crippen molar-refractivity contribution in [2.75, 3.05) is 25.4 Å². The molecule has 15 heteroatoms. The maximum Gasteiger partial charge on any atom is 0.410 e. The van der Waals surface area contributed by atoms with Crippen LogP contribution < -0.4 is 16.4 Å². The first-order chi connectivity index (χ1) is 20.3. The van der Waals surface area contributed by atoms with Crippen LogP contribution in [0.2, 0.25) is 0 Å². The summed E-state index contributed by atoms with van der Waals surface area (Å²) in [5.74, 6) is 0.441. The van der Waals surface area contributed by atoms with Crippen LogP contribution in [0, 0.1) is 5.92 Å². The number of carbonyl (C=O) groups is 3. The molecule has 5 heterocycles. The third kappa shape index (κ3) is 6.27. The quantitative estimate of drug-likeness (QED) is 0.259. The summed E-state index contributed by atoms with van der Waals surface area (Å²) in [6.07, 6.45) is 1.03. The molecule has 0 bridgehead atoms. The third-order valence-electron chi connectivity index (χ3n) is 8.07. The van der Waals surface area contributed by atoms with E-state index in [1.807, 2.05) is 13.8 Å². The number of β-lactam (4-membered cyclic amide) rings is 1. The Hall–Kier alpha value is -3.56. The minimum absolute atomic E-state index is 0.0920. The van der Waals surface area contributed by atoms with E-state index in [-0.39, 0.29) is 17.8 Å². The van der Waals surface area contributed by atoms with Crippen LogP contribution in [-0.2, 0) is 25.5 Å². The second-order valence-corrected chi connectivity index (χ2v) is 11.0. The fourth-order valence-electron chi connectivity index (χ4n) is 5.41. The van der Waals surface area contributed by atoms with Crippen molar-refractivity contribution >= 4 is 34.9 Å². The standard InChI is InChI=1S/C25H34N8O7.C2H6/c26-20-16-21(33(11-28-16)24-18(35)17(34)19(40-24)23(37)29-13-4-5-13)31-15(30-20)3-1-2-12-6-8-32(9-7-12)25(38)39-14-10-27-22(14)36;1-2/h11-14,17-19,24,34-35H,1-10H2,(H,27,36)(H,29,37)(H2,26,30,31);1-2H3/t14?,17-,18?,19+,24-;/m1./s1. The number of nitrogens with two attached hydrogens (primary N) is 1. The number of likely N-dealkylation sites (tertiary alicyclic amines) is 1. The van der Waals surface area contributed by atoms with Crippen molar-refractivity contribution in [3.05, 3.63) is 12.2 Å². The molecule has 1 saturated carbocycles. The van der Waals surface area contributed by atoms with Gasteiger partial charge in [0, 0.05) is 25.6 Å². The molecule has 2 aromatic heterocycles. The number of piperidine rings is 1. The smallest absolute Gasteiger partial charge is 0.410 e. The monoisotopic (exact) mass is 588 g/mol. The predicted molar refractivity (Wildman–Crippen MR) is 149 cm³/mol. The number of fused-ring (bicyclic) bond motifs is 1. The second-order valence-electron chi connectivity index (χ2n) is 11.0. The number of imidazole rings is 1. The lowest BCUT2D eigenvalue weighted by atomic mass is 9.91. The number of anilines is 1. The second kappa shape index (κ2) is 12.8. The van der Waals surface area contributed by atoms with Gasteiger partial charge in [-0.25, -0.2) is 19.7 Å². The summed E-state index contributed by atoms with van der Waals surface area (Å²) in [5.41, 5.74) is 6.87. The molecule has 3 saturated heterocycles. The summed E-state index contributed by atoms with van der Waals surface area (Å²) in [7, 11) is 0. The Morgan fingerprint density at radius 1 is 1.17 bits per heavy atom. The van der Waals surface area contributed by atoms with E-state index in [1.54, 1.807) is 4.90 Å². The van der Waals surface area contributed by atoms with Crippen LogP contribution in [0.3, 0.4) is 0 Å². The van der Waals surface area contributed by atoms with Gasteiger partial charge in [0.2, 0.25) is 0 Å². The molecule has 6 rings (SSSR count). The molecule has 6 N–H and O–H groups in total. The lowest BCUT2D eigenvalue weighted by Crippen LogP contribution is -2.56. The number of aliphatic hydroxyl groups excluding tert-OH is 2. The number of carbonyl (C=O) groups excluding carboxylic acids is 3.